The van der Waals surface area contributed by atoms with Crippen molar-refractivity contribution in [3.05, 3.63) is 102 Å². The fourth-order valence-electron chi connectivity index (χ4n) is 3.99. The average molecular weight is 455 g/mol. The van der Waals surface area contributed by atoms with Crippen molar-refractivity contribution >= 4 is 28.6 Å². The minimum Gasteiger partial charge on any atom is -0.497 e. The number of nitrogens with one attached hydrogen (secondary N) is 1. The van der Waals surface area contributed by atoms with Crippen LogP contribution in [0.5, 0.6) is 5.75 Å². The minimum absolute atomic E-state index is 0.220. The number of hydrogen-bond acceptors (Lipinski definition) is 5. The van der Waals surface area contributed by atoms with E-state index in [0.29, 0.717) is 16.8 Å². The number of allylic oxidation sites excluding steroid dienone is 1. The van der Waals surface area contributed by atoms with Crippen molar-refractivity contribution < 1.29 is 9.26 Å². The van der Waals surface area contributed by atoms with Crippen LogP contribution in [0.1, 0.15) is 24.4 Å². The molecule has 0 saturated carbocycles. The summed E-state index contributed by atoms with van der Waals surface area (Å²) >= 11 is 5.77. The third-order valence-electron chi connectivity index (χ3n) is 5.64. The third kappa shape index (κ3) is 3.99. The molecule has 2 heterocycles. The van der Waals surface area contributed by atoms with Crippen molar-refractivity contribution in [3.63, 3.8) is 0 Å². The summed E-state index contributed by atoms with van der Waals surface area (Å²) in [4.78, 5) is 6.75. The predicted octanol–water partition coefficient (Wildman–Crippen LogP) is 5.61. The molecule has 0 fully saturated rings. The van der Waals surface area contributed by atoms with E-state index in [4.69, 9.17) is 26.5 Å². The molecule has 164 valence electrons. The van der Waals surface area contributed by atoms with Gasteiger partial charge in [-0.25, -0.2) is 0 Å². The van der Waals surface area contributed by atoms with Gasteiger partial charge in [0.25, 0.3) is 5.89 Å². The second-order valence-electron chi connectivity index (χ2n) is 7.61. The van der Waals surface area contributed by atoms with E-state index < -0.39 is 0 Å². The Morgan fingerprint density at radius 1 is 0.939 bits per heavy atom. The van der Waals surface area contributed by atoms with Crippen LogP contribution in [0, 0.1) is 0 Å². The van der Waals surface area contributed by atoms with Gasteiger partial charge in [0.15, 0.2) is 5.11 Å². The number of aromatic nitrogens is 2. The van der Waals surface area contributed by atoms with E-state index in [1.54, 1.807) is 7.11 Å². The summed E-state index contributed by atoms with van der Waals surface area (Å²) in [5.74, 6) is 1.73. The van der Waals surface area contributed by atoms with Crippen molar-refractivity contribution in [1.82, 2.24) is 15.5 Å². The number of methoxy groups -OCH3 is 1. The SMILES string of the molecule is COc1ccc(-c2noc(C3=C(C)N(c4ccccc4)C(=S)NC3c3ccccc3)n2)cc1. The highest BCUT2D eigenvalue weighted by Crippen LogP contribution is 2.39. The van der Waals surface area contributed by atoms with Crippen molar-refractivity contribution in [2.45, 2.75) is 13.0 Å². The first-order valence-electron chi connectivity index (χ1n) is 10.6. The van der Waals surface area contributed by atoms with E-state index in [1.165, 1.54) is 0 Å². The molecule has 1 aromatic heterocycles. The van der Waals surface area contributed by atoms with Crippen LogP contribution in [-0.2, 0) is 0 Å². The first-order chi connectivity index (χ1) is 16.2. The van der Waals surface area contributed by atoms with Crippen LogP contribution in [0.4, 0.5) is 5.69 Å². The molecular formula is C26H22N4O2S. The maximum Gasteiger partial charge on any atom is 0.258 e. The molecule has 4 aromatic rings. The number of thiocarbonyl (C=S) groups is 1. The highest BCUT2D eigenvalue weighted by Gasteiger charge is 2.34. The fourth-order valence-corrected chi connectivity index (χ4v) is 4.35. The highest BCUT2D eigenvalue weighted by atomic mass is 32.1. The lowest BCUT2D eigenvalue weighted by atomic mass is 9.94. The van der Waals surface area contributed by atoms with Crippen molar-refractivity contribution in [2.24, 2.45) is 0 Å². The highest BCUT2D eigenvalue weighted by molar-refractivity contribution is 7.80. The lowest BCUT2D eigenvalue weighted by molar-refractivity contribution is 0.404. The van der Waals surface area contributed by atoms with E-state index in [9.17, 15) is 0 Å². The zero-order valence-electron chi connectivity index (χ0n) is 18.2. The van der Waals surface area contributed by atoms with E-state index >= 15 is 0 Å². The quantitative estimate of drug-likeness (QED) is 0.393. The number of benzene rings is 3. The molecular weight excluding hydrogens is 432 g/mol. The molecule has 1 unspecified atom stereocenters. The standard InChI is InChI=1S/C26H22N4O2S/c1-17-22(25-28-24(29-32-25)19-13-15-21(31-2)16-14-19)23(18-9-5-3-6-10-18)27-26(33)30(17)20-11-7-4-8-12-20/h3-16,23H,1-2H3,(H,27,33). The summed E-state index contributed by atoms with van der Waals surface area (Å²) in [5.41, 5.74) is 4.69. The molecule has 5 rings (SSSR count). The van der Waals surface area contributed by atoms with Gasteiger partial charge in [0, 0.05) is 16.9 Å². The van der Waals surface area contributed by atoms with Gasteiger partial charge in [-0.05, 0) is 61.1 Å². The molecule has 1 N–H and O–H groups in total. The molecule has 3 aromatic carbocycles. The van der Waals surface area contributed by atoms with Gasteiger partial charge in [0.1, 0.15) is 5.75 Å². The second kappa shape index (κ2) is 8.88. The molecule has 1 aliphatic rings. The summed E-state index contributed by atoms with van der Waals surface area (Å²) in [5, 5.41) is 8.35. The Labute approximate surface area is 197 Å². The molecule has 0 spiro atoms. The van der Waals surface area contributed by atoms with E-state index in [1.807, 2.05) is 84.6 Å². The Bertz CT molecular complexity index is 1300. The summed E-state index contributed by atoms with van der Waals surface area (Å²) in [6.45, 7) is 2.03. The molecule has 0 aliphatic carbocycles. The number of nitrogens with zero attached hydrogens (tertiary/aromatic N) is 3. The Balaban J connectivity index is 1.62. The Kier molecular flexibility index (Phi) is 5.62. The molecule has 6 nitrogen and oxygen atoms in total. The smallest absolute Gasteiger partial charge is 0.258 e. The van der Waals surface area contributed by atoms with Gasteiger partial charge in [-0.1, -0.05) is 53.7 Å². The molecule has 0 bridgehead atoms. The molecule has 1 atom stereocenters. The second-order valence-corrected chi connectivity index (χ2v) is 8.00. The normalized spacial score (nSPS) is 16.0. The van der Waals surface area contributed by atoms with Crippen LogP contribution in [0.25, 0.3) is 17.0 Å². The van der Waals surface area contributed by atoms with Gasteiger partial charge in [0.2, 0.25) is 5.82 Å². The molecule has 0 saturated heterocycles. The number of para-hydroxylation sites is 1. The van der Waals surface area contributed by atoms with Crippen molar-refractivity contribution in [2.75, 3.05) is 12.0 Å². The van der Waals surface area contributed by atoms with Crippen molar-refractivity contribution in [1.29, 1.82) is 0 Å². The van der Waals surface area contributed by atoms with E-state index in [0.717, 1.165) is 33.8 Å². The zero-order chi connectivity index (χ0) is 22.8. The topological polar surface area (TPSA) is 63.4 Å². The lowest BCUT2D eigenvalue weighted by Gasteiger charge is -2.37. The number of rotatable bonds is 5. The van der Waals surface area contributed by atoms with Gasteiger partial charge in [-0.3, -0.25) is 4.90 Å². The fraction of sp³-hybridized carbons (Fsp3) is 0.115. The van der Waals surface area contributed by atoms with Crippen LogP contribution in [0.15, 0.2) is 95.1 Å². The molecule has 0 amide bonds. The zero-order valence-corrected chi connectivity index (χ0v) is 19.0. The average Bonchev–Trinajstić information content (AvgIpc) is 3.35. The van der Waals surface area contributed by atoms with Crippen LogP contribution < -0.4 is 15.0 Å². The summed E-state index contributed by atoms with van der Waals surface area (Å²) in [7, 11) is 1.64. The summed E-state index contributed by atoms with van der Waals surface area (Å²) in [6, 6.07) is 27.5. The van der Waals surface area contributed by atoms with Crippen molar-refractivity contribution in [3.8, 4) is 17.1 Å². The monoisotopic (exact) mass is 454 g/mol. The van der Waals surface area contributed by atoms with Gasteiger partial charge < -0.3 is 14.6 Å². The van der Waals surface area contributed by atoms with Gasteiger partial charge in [0.05, 0.1) is 18.7 Å². The van der Waals surface area contributed by atoms with Crippen LogP contribution in [0.3, 0.4) is 0 Å². The number of ether oxygens (including phenoxy) is 1. The molecule has 33 heavy (non-hydrogen) atoms. The molecule has 1 aliphatic heterocycles. The van der Waals surface area contributed by atoms with E-state index in [-0.39, 0.29) is 6.04 Å². The van der Waals surface area contributed by atoms with Crippen LogP contribution >= 0.6 is 12.2 Å². The van der Waals surface area contributed by atoms with Gasteiger partial charge >= 0.3 is 0 Å². The maximum absolute atomic E-state index is 5.80. The summed E-state index contributed by atoms with van der Waals surface area (Å²) < 4.78 is 11.0. The largest absolute Gasteiger partial charge is 0.497 e. The van der Waals surface area contributed by atoms with Gasteiger partial charge in [-0.15, -0.1) is 0 Å². The predicted molar refractivity (Wildman–Crippen MR) is 133 cm³/mol. The van der Waals surface area contributed by atoms with Crippen LogP contribution in [0.2, 0.25) is 0 Å². The first-order valence-corrected chi connectivity index (χ1v) is 11.0. The number of hydrogen-bond donors (Lipinski definition) is 1. The maximum atomic E-state index is 5.80. The van der Waals surface area contributed by atoms with Gasteiger partial charge in [-0.2, -0.15) is 4.98 Å². The Morgan fingerprint density at radius 3 is 2.27 bits per heavy atom. The third-order valence-corrected chi connectivity index (χ3v) is 5.94. The van der Waals surface area contributed by atoms with E-state index in [2.05, 4.69) is 22.6 Å². The molecule has 0 radical (unpaired) electrons. The lowest BCUT2D eigenvalue weighted by Crippen LogP contribution is -2.46. The Hall–Kier alpha value is -3.97. The number of anilines is 1. The minimum atomic E-state index is -0.220. The van der Waals surface area contributed by atoms with Crippen LogP contribution in [-0.4, -0.2) is 22.4 Å². The first kappa shape index (κ1) is 20.9. The Morgan fingerprint density at radius 2 is 1.61 bits per heavy atom. The molecule has 7 heteroatoms. The summed E-state index contributed by atoms with van der Waals surface area (Å²) in [6.07, 6.45) is 0.